The van der Waals surface area contributed by atoms with Crippen molar-refractivity contribution in [3.8, 4) is 17.2 Å². The third-order valence-corrected chi connectivity index (χ3v) is 3.27. The predicted octanol–water partition coefficient (Wildman–Crippen LogP) is 3.16. The molecule has 3 aromatic heterocycles. The zero-order valence-corrected chi connectivity index (χ0v) is 13.1. The molecule has 0 unspecified atom stereocenters. The van der Waals surface area contributed by atoms with Crippen LogP contribution in [0, 0.1) is 0 Å². The molecule has 0 N–H and O–H groups in total. The van der Waals surface area contributed by atoms with Crippen LogP contribution in [0.1, 0.15) is 17.4 Å². The van der Waals surface area contributed by atoms with Gasteiger partial charge in [0, 0.05) is 18.5 Å². The highest BCUT2D eigenvalue weighted by Crippen LogP contribution is 2.23. The van der Waals surface area contributed by atoms with Gasteiger partial charge in [-0.25, -0.2) is 14.5 Å². The molecule has 3 rings (SSSR count). The highest BCUT2D eigenvalue weighted by atomic mass is 35.5. The Bertz CT molecular complexity index is 816. The van der Waals surface area contributed by atoms with Gasteiger partial charge in [-0.1, -0.05) is 17.7 Å². The second-order valence-electron chi connectivity index (χ2n) is 4.60. The number of hydrogen-bond donors (Lipinski definition) is 0. The lowest BCUT2D eigenvalue weighted by atomic mass is 10.2. The first-order valence-electron chi connectivity index (χ1n) is 6.99. The van der Waals surface area contributed by atoms with E-state index in [1.807, 2.05) is 6.07 Å². The number of halogens is 1. The van der Waals surface area contributed by atoms with Crippen molar-refractivity contribution in [1.82, 2.24) is 19.7 Å². The van der Waals surface area contributed by atoms with Gasteiger partial charge in [0.2, 0.25) is 0 Å². The van der Waals surface area contributed by atoms with Crippen LogP contribution in [0.2, 0.25) is 5.02 Å². The lowest BCUT2D eigenvalue weighted by Gasteiger charge is -2.05. The SMILES string of the molecule is CCOC(=O)c1cc(-c2ccc(Cl)cn2)n(-c2ccccn2)n1. The highest BCUT2D eigenvalue weighted by molar-refractivity contribution is 6.30. The molecule has 0 bridgehead atoms. The van der Waals surface area contributed by atoms with Gasteiger partial charge < -0.3 is 4.74 Å². The Balaban J connectivity index is 2.12. The van der Waals surface area contributed by atoms with E-state index in [0.29, 0.717) is 22.2 Å². The molecule has 0 amide bonds. The van der Waals surface area contributed by atoms with Gasteiger partial charge in [-0.2, -0.15) is 5.10 Å². The first-order valence-corrected chi connectivity index (χ1v) is 7.37. The number of pyridine rings is 2. The summed E-state index contributed by atoms with van der Waals surface area (Å²) in [6.45, 7) is 2.03. The molecule has 0 aliphatic heterocycles. The second-order valence-corrected chi connectivity index (χ2v) is 5.03. The first kappa shape index (κ1) is 15.2. The van der Waals surface area contributed by atoms with Crippen molar-refractivity contribution in [3.05, 3.63) is 59.5 Å². The van der Waals surface area contributed by atoms with E-state index in [1.165, 1.54) is 6.20 Å². The third kappa shape index (κ3) is 3.22. The van der Waals surface area contributed by atoms with Gasteiger partial charge in [0.1, 0.15) is 0 Å². The van der Waals surface area contributed by atoms with Gasteiger partial charge in [0.05, 0.1) is 23.0 Å². The molecule has 0 aliphatic carbocycles. The molecule has 3 aromatic rings. The molecule has 7 heteroatoms. The number of rotatable bonds is 4. The molecule has 6 nitrogen and oxygen atoms in total. The van der Waals surface area contributed by atoms with E-state index in [4.69, 9.17) is 16.3 Å². The molecule has 0 saturated heterocycles. The Morgan fingerprint density at radius 3 is 2.78 bits per heavy atom. The standard InChI is InChI=1S/C16H13ClN4O2/c1-2-23-16(22)13-9-14(12-7-6-11(17)10-19-12)21(20-13)15-5-3-4-8-18-15/h3-10H,2H2,1H3. The molecule has 3 heterocycles. The van der Waals surface area contributed by atoms with Crippen LogP contribution in [0.15, 0.2) is 48.8 Å². The van der Waals surface area contributed by atoms with Crippen molar-refractivity contribution in [2.75, 3.05) is 6.61 Å². The molecule has 0 aliphatic rings. The van der Waals surface area contributed by atoms with E-state index in [-0.39, 0.29) is 12.3 Å². The third-order valence-electron chi connectivity index (χ3n) is 3.05. The topological polar surface area (TPSA) is 69.9 Å². The van der Waals surface area contributed by atoms with Crippen LogP contribution in [0.3, 0.4) is 0 Å². The van der Waals surface area contributed by atoms with Crippen LogP contribution in [-0.4, -0.2) is 32.3 Å². The van der Waals surface area contributed by atoms with Crippen LogP contribution >= 0.6 is 11.6 Å². The summed E-state index contributed by atoms with van der Waals surface area (Å²) in [4.78, 5) is 20.5. The minimum absolute atomic E-state index is 0.198. The van der Waals surface area contributed by atoms with Crippen molar-refractivity contribution in [1.29, 1.82) is 0 Å². The number of carbonyl (C=O) groups excluding carboxylic acids is 1. The maximum Gasteiger partial charge on any atom is 0.358 e. The van der Waals surface area contributed by atoms with Crippen molar-refractivity contribution in [3.63, 3.8) is 0 Å². The van der Waals surface area contributed by atoms with Crippen LogP contribution in [0.4, 0.5) is 0 Å². The van der Waals surface area contributed by atoms with E-state index < -0.39 is 5.97 Å². The molecule has 0 aromatic carbocycles. The van der Waals surface area contributed by atoms with E-state index >= 15 is 0 Å². The van der Waals surface area contributed by atoms with Crippen LogP contribution in [0.5, 0.6) is 0 Å². The molecule has 0 fully saturated rings. The van der Waals surface area contributed by atoms with Gasteiger partial charge >= 0.3 is 5.97 Å². The summed E-state index contributed by atoms with van der Waals surface area (Å²) in [7, 11) is 0. The van der Waals surface area contributed by atoms with Gasteiger partial charge in [-0.05, 0) is 31.2 Å². The maximum atomic E-state index is 12.0. The zero-order valence-electron chi connectivity index (χ0n) is 12.3. The number of hydrogen-bond acceptors (Lipinski definition) is 5. The van der Waals surface area contributed by atoms with Gasteiger partial charge in [0.25, 0.3) is 0 Å². The lowest BCUT2D eigenvalue weighted by molar-refractivity contribution is 0.0519. The molecule has 0 radical (unpaired) electrons. The summed E-state index contributed by atoms with van der Waals surface area (Å²) in [6, 6.07) is 10.5. The highest BCUT2D eigenvalue weighted by Gasteiger charge is 2.18. The fourth-order valence-corrected chi connectivity index (χ4v) is 2.16. The van der Waals surface area contributed by atoms with E-state index in [1.54, 1.807) is 48.1 Å². The van der Waals surface area contributed by atoms with Crippen molar-refractivity contribution in [2.45, 2.75) is 6.92 Å². The Morgan fingerprint density at radius 1 is 1.26 bits per heavy atom. The molecular formula is C16H13ClN4O2. The predicted molar refractivity (Wildman–Crippen MR) is 85.6 cm³/mol. The molecular weight excluding hydrogens is 316 g/mol. The Morgan fingerprint density at radius 2 is 2.13 bits per heavy atom. The van der Waals surface area contributed by atoms with Crippen LogP contribution in [-0.2, 0) is 4.74 Å². The van der Waals surface area contributed by atoms with Crippen molar-refractivity contribution < 1.29 is 9.53 Å². The van der Waals surface area contributed by atoms with E-state index in [2.05, 4.69) is 15.1 Å². The van der Waals surface area contributed by atoms with E-state index in [9.17, 15) is 4.79 Å². The Hall–Kier alpha value is -2.73. The summed E-state index contributed by atoms with van der Waals surface area (Å²) >= 11 is 5.88. The minimum Gasteiger partial charge on any atom is -0.461 e. The van der Waals surface area contributed by atoms with Gasteiger partial charge in [-0.15, -0.1) is 0 Å². The number of esters is 1. The fraction of sp³-hybridized carbons (Fsp3) is 0.125. The molecule has 23 heavy (non-hydrogen) atoms. The van der Waals surface area contributed by atoms with Crippen molar-refractivity contribution >= 4 is 17.6 Å². The van der Waals surface area contributed by atoms with Crippen LogP contribution < -0.4 is 0 Å². The number of aromatic nitrogens is 4. The first-order chi connectivity index (χ1) is 11.2. The lowest BCUT2D eigenvalue weighted by Crippen LogP contribution is -2.07. The summed E-state index contributed by atoms with van der Waals surface area (Å²) in [5.74, 6) is 0.0900. The van der Waals surface area contributed by atoms with E-state index in [0.717, 1.165) is 0 Å². The fourth-order valence-electron chi connectivity index (χ4n) is 2.05. The molecule has 0 atom stereocenters. The molecule has 116 valence electrons. The van der Waals surface area contributed by atoms with Crippen LogP contribution in [0.25, 0.3) is 17.2 Å². The summed E-state index contributed by atoms with van der Waals surface area (Å²) in [5, 5.41) is 4.84. The summed E-state index contributed by atoms with van der Waals surface area (Å²) < 4.78 is 6.57. The number of ether oxygens (including phenoxy) is 1. The zero-order chi connectivity index (χ0) is 16.2. The van der Waals surface area contributed by atoms with Gasteiger partial charge in [0.15, 0.2) is 11.5 Å². The number of carbonyl (C=O) groups is 1. The molecule has 0 spiro atoms. The summed E-state index contributed by atoms with van der Waals surface area (Å²) in [5.41, 5.74) is 1.45. The Kier molecular flexibility index (Phi) is 4.34. The average molecular weight is 329 g/mol. The quantitative estimate of drug-likeness (QED) is 0.688. The minimum atomic E-state index is -0.489. The average Bonchev–Trinajstić information content (AvgIpc) is 3.02. The van der Waals surface area contributed by atoms with Gasteiger partial charge in [-0.3, -0.25) is 4.98 Å². The maximum absolute atomic E-state index is 12.0. The monoisotopic (exact) mass is 328 g/mol. The Labute approximate surface area is 137 Å². The summed E-state index contributed by atoms with van der Waals surface area (Å²) in [6.07, 6.45) is 3.19. The molecule has 0 saturated carbocycles. The second kappa shape index (κ2) is 6.58. The smallest absolute Gasteiger partial charge is 0.358 e. The van der Waals surface area contributed by atoms with Crippen molar-refractivity contribution in [2.24, 2.45) is 0 Å². The largest absolute Gasteiger partial charge is 0.461 e. The number of nitrogens with zero attached hydrogens (tertiary/aromatic N) is 4. The normalized spacial score (nSPS) is 10.5.